The van der Waals surface area contributed by atoms with Crippen molar-refractivity contribution in [2.24, 2.45) is 0 Å². The van der Waals surface area contributed by atoms with E-state index in [1.165, 1.54) is 11.1 Å². The Morgan fingerprint density at radius 1 is 0.895 bits per heavy atom. The monoisotopic (exact) mass is 290 g/mol. The molecule has 2 aromatic carbocycles. The van der Waals surface area contributed by atoms with Gasteiger partial charge in [0, 0.05) is 10.0 Å². The van der Waals surface area contributed by atoms with Gasteiger partial charge in [0.05, 0.1) is 0 Å². The van der Waals surface area contributed by atoms with Gasteiger partial charge in [-0.1, -0.05) is 59.6 Å². The molecule has 0 aliphatic rings. The minimum atomic E-state index is 0.811. The third-order valence-corrected chi connectivity index (χ3v) is 3.92. The fourth-order valence-electron chi connectivity index (χ4n) is 1.94. The highest BCUT2D eigenvalue weighted by molar-refractivity contribution is 6.31. The molecule has 0 nitrogen and oxygen atoms in total. The molecule has 0 spiro atoms. The lowest BCUT2D eigenvalue weighted by Gasteiger charge is -2.02. The number of aryl methyl sites for hydroxylation is 2. The van der Waals surface area contributed by atoms with Gasteiger partial charge in [0.2, 0.25) is 0 Å². The van der Waals surface area contributed by atoms with Crippen LogP contribution in [0.1, 0.15) is 22.3 Å². The molecule has 0 amide bonds. The third kappa shape index (κ3) is 3.86. The van der Waals surface area contributed by atoms with Crippen molar-refractivity contribution in [3.63, 3.8) is 0 Å². The molecule has 2 rings (SSSR count). The maximum Gasteiger partial charge on any atom is 0.0435 e. The molecule has 2 heteroatoms. The Bertz CT molecular complexity index is 613. The standard InChI is InChI=1S/C17H16Cl2/c1-12-10-14(6-8-16(12)18)4-3-5-15-7-9-17(19)13(2)11-15/h3-4,6-11H,5H2,1-2H3/b4-3+. The highest BCUT2D eigenvalue weighted by atomic mass is 35.5. The number of hydrogen-bond donors (Lipinski definition) is 0. The van der Waals surface area contributed by atoms with Crippen molar-refractivity contribution in [2.75, 3.05) is 0 Å². The molecule has 0 radical (unpaired) electrons. The Labute approximate surface area is 124 Å². The second-order valence-electron chi connectivity index (χ2n) is 4.70. The van der Waals surface area contributed by atoms with Crippen LogP contribution in [0.25, 0.3) is 6.08 Å². The predicted molar refractivity (Wildman–Crippen MR) is 85.1 cm³/mol. The van der Waals surface area contributed by atoms with E-state index in [-0.39, 0.29) is 0 Å². The van der Waals surface area contributed by atoms with Crippen LogP contribution in [0.4, 0.5) is 0 Å². The van der Waals surface area contributed by atoms with E-state index >= 15 is 0 Å². The first-order chi connectivity index (χ1) is 9.06. The van der Waals surface area contributed by atoms with Crippen molar-refractivity contribution >= 4 is 29.3 Å². The van der Waals surface area contributed by atoms with Gasteiger partial charge in [-0.15, -0.1) is 0 Å². The molecule has 98 valence electrons. The van der Waals surface area contributed by atoms with Gasteiger partial charge < -0.3 is 0 Å². The average molecular weight is 291 g/mol. The molecular formula is C17H16Cl2. The van der Waals surface area contributed by atoms with Crippen LogP contribution in [0.2, 0.25) is 10.0 Å². The van der Waals surface area contributed by atoms with E-state index in [2.05, 4.69) is 30.4 Å². The van der Waals surface area contributed by atoms with E-state index < -0.39 is 0 Å². The Kier molecular flexibility index (Phi) is 4.68. The highest BCUT2D eigenvalue weighted by Gasteiger charge is 1.97. The first-order valence-corrected chi connectivity index (χ1v) is 6.99. The van der Waals surface area contributed by atoms with Crippen molar-refractivity contribution in [2.45, 2.75) is 20.3 Å². The van der Waals surface area contributed by atoms with Crippen LogP contribution in [-0.4, -0.2) is 0 Å². The first-order valence-electron chi connectivity index (χ1n) is 6.24. The second kappa shape index (κ2) is 6.27. The van der Waals surface area contributed by atoms with E-state index in [9.17, 15) is 0 Å². The Morgan fingerprint density at radius 2 is 1.53 bits per heavy atom. The van der Waals surface area contributed by atoms with Crippen molar-refractivity contribution in [3.8, 4) is 0 Å². The zero-order valence-electron chi connectivity index (χ0n) is 11.1. The van der Waals surface area contributed by atoms with E-state index in [0.717, 1.165) is 27.6 Å². The van der Waals surface area contributed by atoms with Crippen molar-refractivity contribution in [1.82, 2.24) is 0 Å². The van der Waals surface area contributed by atoms with Crippen LogP contribution in [0.5, 0.6) is 0 Å². The highest BCUT2D eigenvalue weighted by Crippen LogP contribution is 2.19. The van der Waals surface area contributed by atoms with Gasteiger partial charge in [-0.3, -0.25) is 0 Å². The van der Waals surface area contributed by atoms with Crippen LogP contribution >= 0.6 is 23.2 Å². The first kappa shape index (κ1) is 14.2. The summed E-state index contributed by atoms with van der Waals surface area (Å²) in [5.41, 5.74) is 4.66. The molecule has 0 saturated heterocycles. The Morgan fingerprint density at radius 3 is 2.16 bits per heavy atom. The quantitative estimate of drug-likeness (QED) is 0.663. The lowest BCUT2D eigenvalue weighted by Crippen LogP contribution is -1.84. The summed E-state index contributed by atoms with van der Waals surface area (Å²) in [6, 6.07) is 12.2. The summed E-state index contributed by atoms with van der Waals surface area (Å²) in [6.07, 6.45) is 5.18. The van der Waals surface area contributed by atoms with Crippen LogP contribution in [-0.2, 0) is 6.42 Å². The smallest absolute Gasteiger partial charge is 0.0435 e. The summed E-state index contributed by atoms with van der Waals surface area (Å²) in [4.78, 5) is 0. The van der Waals surface area contributed by atoms with Crippen molar-refractivity contribution < 1.29 is 0 Å². The molecule has 0 aliphatic carbocycles. The summed E-state index contributed by atoms with van der Waals surface area (Å²) in [6.45, 7) is 4.04. The molecule has 0 bridgehead atoms. The molecular weight excluding hydrogens is 275 g/mol. The van der Waals surface area contributed by atoms with E-state index in [1.54, 1.807) is 0 Å². The molecule has 0 unspecified atom stereocenters. The van der Waals surface area contributed by atoms with Gasteiger partial charge in [0.15, 0.2) is 0 Å². The topological polar surface area (TPSA) is 0 Å². The van der Waals surface area contributed by atoms with Crippen molar-refractivity contribution in [3.05, 3.63) is 74.8 Å². The summed E-state index contributed by atoms with van der Waals surface area (Å²) >= 11 is 12.0. The third-order valence-electron chi connectivity index (χ3n) is 3.07. The lowest BCUT2D eigenvalue weighted by molar-refractivity contribution is 1.25. The number of hydrogen-bond acceptors (Lipinski definition) is 0. The zero-order chi connectivity index (χ0) is 13.8. The summed E-state index contributed by atoms with van der Waals surface area (Å²) in [5.74, 6) is 0. The van der Waals surface area contributed by atoms with Gasteiger partial charge in [-0.2, -0.15) is 0 Å². The van der Waals surface area contributed by atoms with Crippen LogP contribution in [0, 0.1) is 13.8 Å². The van der Waals surface area contributed by atoms with Gasteiger partial charge in [-0.25, -0.2) is 0 Å². The molecule has 0 aliphatic heterocycles. The second-order valence-corrected chi connectivity index (χ2v) is 5.51. The van der Waals surface area contributed by atoms with Gasteiger partial charge in [0.25, 0.3) is 0 Å². The number of halogens is 2. The van der Waals surface area contributed by atoms with Gasteiger partial charge in [-0.05, 0) is 54.7 Å². The number of benzene rings is 2. The largest absolute Gasteiger partial charge is 0.0841 e. The van der Waals surface area contributed by atoms with Gasteiger partial charge in [0.1, 0.15) is 0 Å². The van der Waals surface area contributed by atoms with E-state index in [0.29, 0.717) is 0 Å². The molecule has 0 N–H and O–H groups in total. The average Bonchev–Trinajstić information content (AvgIpc) is 2.38. The van der Waals surface area contributed by atoms with Crippen LogP contribution in [0.15, 0.2) is 42.5 Å². The predicted octanol–water partition coefficient (Wildman–Crippen LogP) is 5.87. The molecule has 0 heterocycles. The maximum atomic E-state index is 6.01. The fraction of sp³-hybridized carbons (Fsp3) is 0.176. The molecule has 0 fully saturated rings. The van der Waals surface area contributed by atoms with Crippen LogP contribution < -0.4 is 0 Å². The molecule has 19 heavy (non-hydrogen) atoms. The number of allylic oxidation sites excluding steroid dienone is 1. The Hall–Kier alpha value is -1.24. The zero-order valence-corrected chi connectivity index (χ0v) is 12.6. The van der Waals surface area contributed by atoms with Gasteiger partial charge >= 0.3 is 0 Å². The SMILES string of the molecule is Cc1cc(/C=C/Cc2ccc(Cl)c(C)c2)ccc1Cl. The minimum absolute atomic E-state index is 0.811. The van der Waals surface area contributed by atoms with E-state index in [4.69, 9.17) is 23.2 Å². The normalized spacial score (nSPS) is 11.2. The molecule has 0 aromatic heterocycles. The van der Waals surface area contributed by atoms with Crippen LogP contribution in [0.3, 0.4) is 0 Å². The maximum absolute atomic E-state index is 6.01. The lowest BCUT2D eigenvalue weighted by atomic mass is 10.1. The summed E-state index contributed by atoms with van der Waals surface area (Å²) in [7, 11) is 0. The number of rotatable bonds is 3. The summed E-state index contributed by atoms with van der Waals surface area (Å²) < 4.78 is 0. The minimum Gasteiger partial charge on any atom is -0.0841 e. The molecule has 0 atom stereocenters. The Balaban J connectivity index is 2.06. The summed E-state index contributed by atoms with van der Waals surface area (Å²) in [5, 5.41) is 1.63. The molecule has 2 aromatic rings. The molecule has 0 saturated carbocycles. The van der Waals surface area contributed by atoms with E-state index in [1.807, 2.05) is 32.0 Å². The van der Waals surface area contributed by atoms with Crippen molar-refractivity contribution in [1.29, 1.82) is 0 Å². The fourth-order valence-corrected chi connectivity index (χ4v) is 2.17.